The zero-order valence-corrected chi connectivity index (χ0v) is 11.1. The zero-order chi connectivity index (χ0) is 14.0. The maximum atomic E-state index is 11.9. The van der Waals surface area contributed by atoms with E-state index in [9.17, 15) is 13.2 Å². The Balaban J connectivity index is 2.83. The van der Waals surface area contributed by atoms with Crippen LogP contribution in [0.3, 0.4) is 0 Å². The summed E-state index contributed by atoms with van der Waals surface area (Å²) in [4.78, 5) is 11.1. The van der Waals surface area contributed by atoms with Gasteiger partial charge in [-0.05, 0) is 31.5 Å². The Bertz CT molecular complexity index is 535. The summed E-state index contributed by atoms with van der Waals surface area (Å²) in [5.74, 6) is -0.965. The van der Waals surface area contributed by atoms with Gasteiger partial charge in [-0.15, -0.1) is 0 Å². The van der Waals surface area contributed by atoms with E-state index in [1.54, 1.807) is 24.3 Å². The van der Waals surface area contributed by atoms with Crippen LogP contribution in [-0.4, -0.2) is 19.9 Å². The Hall–Kier alpha value is -1.60. The van der Waals surface area contributed by atoms with Crippen LogP contribution in [0.25, 0.3) is 0 Å². The molecule has 0 aliphatic rings. The number of nitrogens with one attached hydrogen (secondary N) is 1. The van der Waals surface area contributed by atoms with Gasteiger partial charge in [0.2, 0.25) is 15.9 Å². The van der Waals surface area contributed by atoms with Gasteiger partial charge in [-0.2, -0.15) is 4.72 Å². The molecule has 1 aromatic carbocycles. The van der Waals surface area contributed by atoms with Crippen LogP contribution in [-0.2, 0) is 20.6 Å². The molecule has 1 amide bonds. The third kappa shape index (κ3) is 4.01. The average molecular weight is 271 g/mol. The molecule has 0 fully saturated rings. The minimum atomic E-state index is -3.64. The number of primary amides is 1. The van der Waals surface area contributed by atoms with Crippen molar-refractivity contribution in [2.24, 2.45) is 5.73 Å². The van der Waals surface area contributed by atoms with E-state index in [2.05, 4.69) is 4.72 Å². The molecule has 0 aliphatic carbocycles. The summed E-state index contributed by atoms with van der Waals surface area (Å²) < 4.78 is 26.0. The van der Waals surface area contributed by atoms with Crippen molar-refractivity contribution in [1.82, 2.24) is 4.72 Å². The van der Waals surface area contributed by atoms with Crippen LogP contribution in [0.4, 0.5) is 5.69 Å². The van der Waals surface area contributed by atoms with Crippen LogP contribution in [0, 0.1) is 0 Å². The van der Waals surface area contributed by atoms with E-state index in [1.165, 1.54) is 13.8 Å². The van der Waals surface area contributed by atoms with Crippen LogP contribution in [0.5, 0.6) is 0 Å². The number of anilines is 1. The smallest absolute Gasteiger partial charge is 0.238 e. The SMILES string of the molecule is CC(C)(NS(=O)(=O)Cc1ccc(N)cc1)C(N)=O. The van der Waals surface area contributed by atoms with Gasteiger partial charge in [0.1, 0.15) is 5.54 Å². The lowest BCUT2D eigenvalue weighted by atomic mass is 10.1. The van der Waals surface area contributed by atoms with Gasteiger partial charge in [0.25, 0.3) is 0 Å². The van der Waals surface area contributed by atoms with Crippen molar-refractivity contribution in [2.45, 2.75) is 25.1 Å². The summed E-state index contributed by atoms with van der Waals surface area (Å²) >= 11 is 0. The largest absolute Gasteiger partial charge is 0.399 e. The first kappa shape index (κ1) is 14.5. The summed E-state index contributed by atoms with van der Waals surface area (Å²) in [7, 11) is -3.64. The van der Waals surface area contributed by atoms with Gasteiger partial charge in [0, 0.05) is 5.69 Å². The molecule has 18 heavy (non-hydrogen) atoms. The molecule has 5 N–H and O–H groups in total. The summed E-state index contributed by atoms with van der Waals surface area (Å²) in [5, 5.41) is 0. The number of benzene rings is 1. The molecule has 7 heteroatoms. The third-order valence-corrected chi connectivity index (χ3v) is 3.90. The quantitative estimate of drug-likeness (QED) is 0.651. The maximum Gasteiger partial charge on any atom is 0.238 e. The zero-order valence-electron chi connectivity index (χ0n) is 10.3. The van der Waals surface area contributed by atoms with Crippen molar-refractivity contribution < 1.29 is 13.2 Å². The fourth-order valence-corrected chi connectivity index (χ4v) is 2.89. The van der Waals surface area contributed by atoms with E-state index in [-0.39, 0.29) is 5.75 Å². The number of hydrogen-bond acceptors (Lipinski definition) is 4. The number of nitrogens with two attached hydrogens (primary N) is 2. The summed E-state index contributed by atoms with van der Waals surface area (Å²) in [5.41, 5.74) is 10.4. The van der Waals surface area contributed by atoms with Gasteiger partial charge in [-0.25, -0.2) is 8.42 Å². The fraction of sp³-hybridized carbons (Fsp3) is 0.364. The highest BCUT2D eigenvalue weighted by Crippen LogP contribution is 2.11. The Morgan fingerprint density at radius 1 is 1.28 bits per heavy atom. The van der Waals surface area contributed by atoms with E-state index >= 15 is 0 Å². The van der Waals surface area contributed by atoms with E-state index in [1.807, 2.05) is 0 Å². The van der Waals surface area contributed by atoms with E-state index in [0.29, 0.717) is 11.3 Å². The number of amides is 1. The summed E-state index contributed by atoms with van der Waals surface area (Å²) in [6.07, 6.45) is 0. The predicted molar refractivity (Wildman–Crippen MR) is 69.9 cm³/mol. The number of hydrogen-bond donors (Lipinski definition) is 3. The number of carbonyl (C=O) groups excluding carboxylic acids is 1. The van der Waals surface area contributed by atoms with Crippen molar-refractivity contribution in [1.29, 1.82) is 0 Å². The second-order valence-electron chi connectivity index (χ2n) is 4.59. The van der Waals surface area contributed by atoms with Crippen molar-refractivity contribution in [3.63, 3.8) is 0 Å². The highest BCUT2D eigenvalue weighted by Gasteiger charge is 2.30. The van der Waals surface area contributed by atoms with Crippen LogP contribution in [0.2, 0.25) is 0 Å². The molecule has 0 radical (unpaired) electrons. The minimum Gasteiger partial charge on any atom is -0.399 e. The number of rotatable bonds is 5. The molecule has 0 spiro atoms. The van der Waals surface area contributed by atoms with Gasteiger partial charge in [0.05, 0.1) is 5.75 Å². The topological polar surface area (TPSA) is 115 Å². The Kier molecular flexibility index (Phi) is 3.98. The molecule has 0 unspecified atom stereocenters. The van der Waals surface area contributed by atoms with Gasteiger partial charge < -0.3 is 11.5 Å². The normalized spacial score (nSPS) is 12.3. The molecule has 100 valence electrons. The Labute approximate surface area is 106 Å². The van der Waals surface area contributed by atoms with Crippen LogP contribution in [0.1, 0.15) is 19.4 Å². The highest BCUT2D eigenvalue weighted by molar-refractivity contribution is 7.88. The first-order chi connectivity index (χ1) is 8.12. The minimum absolute atomic E-state index is 0.232. The third-order valence-electron chi connectivity index (χ3n) is 2.36. The lowest BCUT2D eigenvalue weighted by Gasteiger charge is -2.21. The van der Waals surface area contributed by atoms with E-state index in [4.69, 9.17) is 11.5 Å². The van der Waals surface area contributed by atoms with Crippen LogP contribution in [0.15, 0.2) is 24.3 Å². The molecule has 0 saturated heterocycles. The summed E-state index contributed by atoms with van der Waals surface area (Å²) in [6.45, 7) is 2.83. The monoisotopic (exact) mass is 271 g/mol. The molecule has 0 aliphatic heterocycles. The first-order valence-corrected chi connectivity index (χ1v) is 6.93. The highest BCUT2D eigenvalue weighted by atomic mass is 32.2. The van der Waals surface area contributed by atoms with Gasteiger partial charge >= 0.3 is 0 Å². The number of carbonyl (C=O) groups is 1. The molecule has 1 rings (SSSR count). The second-order valence-corrected chi connectivity index (χ2v) is 6.31. The van der Waals surface area contributed by atoms with Crippen molar-refractivity contribution in [3.05, 3.63) is 29.8 Å². The lowest BCUT2D eigenvalue weighted by molar-refractivity contribution is -0.122. The molecule has 0 saturated carbocycles. The van der Waals surface area contributed by atoms with Crippen molar-refractivity contribution >= 4 is 21.6 Å². The molecule has 0 atom stereocenters. The fourth-order valence-electron chi connectivity index (χ4n) is 1.31. The number of nitrogen functional groups attached to an aromatic ring is 1. The lowest BCUT2D eigenvalue weighted by Crippen LogP contribution is -2.53. The van der Waals surface area contributed by atoms with Gasteiger partial charge in [-0.3, -0.25) is 4.79 Å². The standard InChI is InChI=1S/C11H17N3O3S/c1-11(2,10(13)15)14-18(16,17)7-8-3-5-9(12)6-4-8/h3-6,14H,7,12H2,1-2H3,(H2,13,15). The van der Waals surface area contributed by atoms with Gasteiger partial charge in [-0.1, -0.05) is 12.1 Å². The van der Waals surface area contributed by atoms with Crippen molar-refractivity contribution in [2.75, 3.05) is 5.73 Å². The van der Waals surface area contributed by atoms with Crippen LogP contribution < -0.4 is 16.2 Å². The first-order valence-electron chi connectivity index (χ1n) is 5.28. The number of sulfonamides is 1. The molecular formula is C11H17N3O3S. The molecule has 0 aromatic heterocycles. The molecule has 1 aromatic rings. The van der Waals surface area contributed by atoms with Crippen molar-refractivity contribution in [3.8, 4) is 0 Å². The van der Waals surface area contributed by atoms with Gasteiger partial charge in [0.15, 0.2) is 0 Å². The van der Waals surface area contributed by atoms with E-state index in [0.717, 1.165) is 0 Å². The predicted octanol–water partition coefficient (Wildman–Crippen LogP) is -0.0479. The molecular weight excluding hydrogens is 254 g/mol. The Morgan fingerprint density at radius 3 is 2.22 bits per heavy atom. The molecule has 6 nitrogen and oxygen atoms in total. The van der Waals surface area contributed by atoms with E-state index < -0.39 is 21.5 Å². The molecule has 0 bridgehead atoms. The molecule has 0 heterocycles. The Morgan fingerprint density at radius 2 is 1.78 bits per heavy atom. The van der Waals surface area contributed by atoms with Crippen LogP contribution >= 0.6 is 0 Å². The summed E-state index contributed by atoms with van der Waals surface area (Å²) in [6, 6.07) is 6.46. The second kappa shape index (κ2) is 4.95. The average Bonchev–Trinajstić information content (AvgIpc) is 2.19. The maximum absolute atomic E-state index is 11.9.